The normalized spacial score (nSPS) is 14.6. The topological polar surface area (TPSA) is 32.3 Å². The zero-order valence-corrected chi connectivity index (χ0v) is 12.4. The van der Waals surface area contributed by atoms with Gasteiger partial charge in [0.1, 0.15) is 0 Å². The average molecular weight is 286 g/mol. The van der Waals surface area contributed by atoms with E-state index in [1.54, 1.807) is 0 Å². The molecule has 0 atom stereocenters. The molecule has 2 heterocycles. The molecule has 0 saturated carbocycles. The number of hydrogen-bond donors (Lipinski definition) is 1. The van der Waals surface area contributed by atoms with Crippen LogP contribution in [0.3, 0.4) is 0 Å². The van der Waals surface area contributed by atoms with Crippen molar-refractivity contribution in [2.45, 2.75) is 19.8 Å². The van der Waals surface area contributed by atoms with Crippen LogP contribution in [0.4, 0.5) is 11.4 Å². The monoisotopic (exact) mass is 286 g/mol. The lowest BCUT2D eigenvalue weighted by Crippen LogP contribution is -2.18. The second-order valence-corrected chi connectivity index (χ2v) is 6.07. The van der Waals surface area contributed by atoms with Crippen LogP contribution in [-0.2, 0) is 0 Å². The molecule has 1 saturated heterocycles. The lowest BCUT2D eigenvalue weighted by atomic mass is 10.1. The molecule has 0 bridgehead atoms. The average Bonchev–Trinajstić information content (AvgIpc) is 3.14. The van der Waals surface area contributed by atoms with E-state index in [1.807, 2.05) is 24.4 Å². The Balaban J connectivity index is 1.81. The number of nitrogens with one attached hydrogen (secondary N) is 1. The van der Waals surface area contributed by atoms with Crippen molar-refractivity contribution >= 4 is 28.6 Å². The third kappa shape index (κ3) is 2.70. The van der Waals surface area contributed by atoms with Gasteiger partial charge in [0.15, 0.2) is 0 Å². The summed E-state index contributed by atoms with van der Waals surface area (Å²) in [6, 6.07) is 10.1. The van der Waals surface area contributed by atoms with Crippen LogP contribution in [0.2, 0.25) is 0 Å². The molecule has 1 fully saturated rings. The fraction of sp³-hybridized carbons (Fsp3) is 0.312. The molecule has 2 aromatic rings. The van der Waals surface area contributed by atoms with Crippen molar-refractivity contribution in [2.24, 2.45) is 0 Å². The summed E-state index contributed by atoms with van der Waals surface area (Å²) in [5, 5.41) is 4.94. The van der Waals surface area contributed by atoms with Gasteiger partial charge in [-0.15, -0.1) is 11.3 Å². The number of aryl methyl sites for hydroxylation is 1. The number of thiophene rings is 1. The Bertz CT molecular complexity index is 601. The first-order chi connectivity index (χ1) is 9.74. The van der Waals surface area contributed by atoms with Crippen molar-refractivity contribution in [3.63, 3.8) is 0 Å². The van der Waals surface area contributed by atoms with Crippen molar-refractivity contribution in [1.29, 1.82) is 0 Å². The molecule has 3 rings (SSSR count). The Morgan fingerprint density at radius 2 is 2.05 bits per heavy atom. The van der Waals surface area contributed by atoms with Crippen LogP contribution in [0.15, 0.2) is 35.7 Å². The predicted molar refractivity (Wildman–Crippen MR) is 84.9 cm³/mol. The van der Waals surface area contributed by atoms with Crippen LogP contribution in [0.25, 0.3) is 0 Å². The third-order valence-electron chi connectivity index (χ3n) is 3.69. The molecule has 4 heteroatoms. The summed E-state index contributed by atoms with van der Waals surface area (Å²) in [4.78, 5) is 15.3. The van der Waals surface area contributed by atoms with Crippen LogP contribution in [0, 0.1) is 6.92 Å². The first-order valence-corrected chi connectivity index (χ1v) is 7.82. The second-order valence-electron chi connectivity index (χ2n) is 5.12. The van der Waals surface area contributed by atoms with E-state index >= 15 is 0 Å². The summed E-state index contributed by atoms with van der Waals surface area (Å²) in [6.07, 6.45) is 2.51. The Kier molecular flexibility index (Phi) is 3.74. The maximum absolute atomic E-state index is 12.1. The number of amides is 1. The molecule has 1 amide bonds. The number of carbonyl (C=O) groups is 1. The molecule has 20 heavy (non-hydrogen) atoms. The first kappa shape index (κ1) is 13.2. The molecule has 0 radical (unpaired) electrons. The van der Waals surface area contributed by atoms with Crippen molar-refractivity contribution in [3.05, 3.63) is 46.2 Å². The summed E-state index contributed by atoms with van der Waals surface area (Å²) in [5.41, 5.74) is 3.21. The molecule has 1 aromatic heterocycles. The van der Waals surface area contributed by atoms with Crippen molar-refractivity contribution in [2.75, 3.05) is 23.3 Å². The second kappa shape index (κ2) is 5.67. The van der Waals surface area contributed by atoms with E-state index in [0.717, 1.165) is 29.2 Å². The highest BCUT2D eigenvalue weighted by Gasteiger charge is 2.14. The molecule has 3 nitrogen and oxygen atoms in total. The van der Waals surface area contributed by atoms with Crippen molar-refractivity contribution in [1.82, 2.24) is 0 Å². The van der Waals surface area contributed by atoms with Gasteiger partial charge in [-0.1, -0.05) is 12.1 Å². The lowest BCUT2D eigenvalue weighted by molar-refractivity contribution is 0.103. The van der Waals surface area contributed by atoms with Gasteiger partial charge in [0, 0.05) is 24.5 Å². The fourth-order valence-electron chi connectivity index (χ4n) is 2.51. The quantitative estimate of drug-likeness (QED) is 0.928. The number of benzene rings is 1. The highest BCUT2D eigenvalue weighted by molar-refractivity contribution is 7.12. The maximum atomic E-state index is 12.1. The Hall–Kier alpha value is -1.81. The SMILES string of the molecule is Cc1ccc(N2CCCC2)cc1NC(=O)c1cccs1. The third-order valence-corrected chi connectivity index (χ3v) is 4.55. The Morgan fingerprint density at radius 1 is 1.25 bits per heavy atom. The number of anilines is 2. The van der Waals surface area contributed by atoms with Gasteiger partial charge in [0.2, 0.25) is 0 Å². The van der Waals surface area contributed by atoms with Crippen LogP contribution >= 0.6 is 11.3 Å². The maximum Gasteiger partial charge on any atom is 0.265 e. The molecule has 0 spiro atoms. The van der Waals surface area contributed by atoms with Crippen LogP contribution in [-0.4, -0.2) is 19.0 Å². The summed E-state index contributed by atoms with van der Waals surface area (Å²) >= 11 is 1.46. The van der Waals surface area contributed by atoms with E-state index in [9.17, 15) is 4.79 Å². The molecule has 1 aromatic carbocycles. The number of rotatable bonds is 3. The highest BCUT2D eigenvalue weighted by Crippen LogP contribution is 2.26. The molecular weight excluding hydrogens is 268 g/mol. The minimum Gasteiger partial charge on any atom is -0.371 e. The van der Waals surface area contributed by atoms with Crippen molar-refractivity contribution < 1.29 is 4.79 Å². The number of hydrogen-bond acceptors (Lipinski definition) is 3. The van der Waals surface area contributed by atoms with Crippen LogP contribution in [0.1, 0.15) is 28.1 Å². The van der Waals surface area contributed by atoms with Crippen LogP contribution < -0.4 is 10.2 Å². The van der Waals surface area contributed by atoms with Gasteiger partial charge in [-0.05, 0) is 48.9 Å². The van der Waals surface area contributed by atoms with E-state index in [4.69, 9.17) is 0 Å². The smallest absolute Gasteiger partial charge is 0.265 e. The lowest BCUT2D eigenvalue weighted by Gasteiger charge is -2.19. The first-order valence-electron chi connectivity index (χ1n) is 6.94. The Morgan fingerprint density at radius 3 is 2.75 bits per heavy atom. The van der Waals surface area contributed by atoms with Gasteiger partial charge in [-0.2, -0.15) is 0 Å². The van der Waals surface area contributed by atoms with E-state index in [0.29, 0.717) is 0 Å². The molecule has 0 unspecified atom stereocenters. The van der Waals surface area contributed by atoms with Gasteiger partial charge < -0.3 is 10.2 Å². The standard InChI is InChI=1S/C16H18N2OS/c1-12-6-7-13(18-8-2-3-9-18)11-14(12)17-16(19)15-5-4-10-20-15/h4-7,10-11H,2-3,8-9H2,1H3,(H,17,19). The molecule has 0 aliphatic carbocycles. The summed E-state index contributed by atoms with van der Waals surface area (Å²) in [5.74, 6) is -0.0262. The van der Waals surface area contributed by atoms with Gasteiger partial charge in [-0.3, -0.25) is 4.79 Å². The van der Waals surface area contributed by atoms with Crippen LogP contribution in [0.5, 0.6) is 0 Å². The predicted octanol–water partition coefficient (Wildman–Crippen LogP) is 3.91. The largest absolute Gasteiger partial charge is 0.371 e. The van der Waals surface area contributed by atoms with E-state index in [1.165, 1.54) is 29.9 Å². The minimum absolute atomic E-state index is 0.0262. The summed E-state index contributed by atoms with van der Waals surface area (Å²) in [6.45, 7) is 4.25. The minimum atomic E-state index is -0.0262. The Labute approximate surface area is 123 Å². The van der Waals surface area contributed by atoms with Gasteiger partial charge in [-0.25, -0.2) is 0 Å². The molecule has 1 aliphatic heterocycles. The van der Waals surface area contributed by atoms with E-state index < -0.39 is 0 Å². The number of nitrogens with zero attached hydrogens (tertiary/aromatic N) is 1. The summed E-state index contributed by atoms with van der Waals surface area (Å²) < 4.78 is 0. The van der Waals surface area contributed by atoms with E-state index in [-0.39, 0.29) is 5.91 Å². The molecule has 1 N–H and O–H groups in total. The molecular formula is C16H18N2OS. The van der Waals surface area contributed by atoms with Gasteiger partial charge in [0.05, 0.1) is 4.88 Å². The van der Waals surface area contributed by atoms with Crippen molar-refractivity contribution in [3.8, 4) is 0 Å². The number of carbonyl (C=O) groups excluding carboxylic acids is 1. The van der Waals surface area contributed by atoms with Gasteiger partial charge in [0.25, 0.3) is 5.91 Å². The molecule has 1 aliphatic rings. The molecule has 104 valence electrons. The summed E-state index contributed by atoms with van der Waals surface area (Å²) in [7, 11) is 0. The zero-order valence-electron chi connectivity index (χ0n) is 11.6. The highest BCUT2D eigenvalue weighted by atomic mass is 32.1. The van der Waals surface area contributed by atoms with Gasteiger partial charge >= 0.3 is 0 Å². The zero-order chi connectivity index (χ0) is 13.9. The van der Waals surface area contributed by atoms with E-state index in [2.05, 4.69) is 28.4 Å². The fourth-order valence-corrected chi connectivity index (χ4v) is 3.13.